The highest BCUT2D eigenvalue weighted by atomic mass is 32.2. The predicted octanol–water partition coefficient (Wildman–Crippen LogP) is 3.94. The molecule has 0 bridgehead atoms. The summed E-state index contributed by atoms with van der Waals surface area (Å²) in [7, 11) is 3.87. The number of allylic oxidation sites excluding steroid dienone is 1. The van der Waals surface area contributed by atoms with E-state index in [-0.39, 0.29) is 24.0 Å². The van der Waals surface area contributed by atoms with Crippen molar-refractivity contribution in [3.05, 3.63) is 82.2 Å². The predicted molar refractivity (Wildman–Crippen MR) is 115 cm³/mol. The molecule has 2 heterocycles. The molecule has 1 aromatic carbocycles. The van der Waals surface area contributed by atoms with Gasteiger partial charge in [-0.2, -0.15) is 0 Å². The van der Waals surface area contributed by atoms with Gasteiger partial charge in [-0.15, -0.1) is 11.8 Å². The topological polar surface area (TPSA) is 74.7 Å². The van der Waals surface area contributed by atoms with Crippen LogP contribution in [-0.4, -0.2) is 36.2 Å². The maximum Gasteiger partial charge on any atom is 0.338 e. The first kappa shape index (κ1) is 19.5. The molecule has 2 aliphatic rings. The number of benzene rings is 1. The minimum Gasteiger partial charge on any atom is -0.507 e. The molecule has 4 rings (SSSR count). The summed E-state index contributed by atoms with van der Waals surface area (Å²) in [6, 6.07) is 9.57. The van der Waals surface area contributed by atoms with E-state index >= 15 is 0 Å². The number of aromatic nitrogens is 1. The molecule has 0 radical (unpaired) electrons. The van der Waals surface area contributed by atoms with E-state index in [0.29, 0.717) is 11.3 Å². The van der Waals surface area contributed by atoms with Crippen LogP contribution in [0.2, 0.25) is 0 Å². The monoisotopic (exact) mass is 409 g/mol. The number of hydrogen-bond donors (Lipinski definition) is 2. The fourth-order valence-corrected chi connectivity index (χ4v) is 4.74. The second-order valence-corrected chi connectivity index (χ2v) is 8.36. The van der Waals surface area contributed by atoms with Gasteiger partial charge in [0.15, 0.2) is 0 Å². The van der Waals surface area contributed by atoms with Gasteiger partial charge in [0.25, 0.3) is 0 Å². The molecule has 1 aliphatic carbocycles. The van der Waals surface area contributed by atoms with Gasteiger partial charge in [0.05, 0.1) is 10.9 Å². The molecule has 1 aliphatic heterocycles. The van der Waals surface area contributed by atoms with E-state index in [2.05, 4.69) is 10.3 Å². The van der Waals surface area contributed by atoms with Crippen LogP contribution in [0, 0.1) is 0 Å². The highest BCUT2D eigenvalue weighted by molar-refractivity contribution is 8.03. The number of rotatable bonds is 5. The highest BCUT2D eigenvalue weighted by Gasteiger charge is 2.35. The molecule has 2 unspecified atom stereocenters. The zero-order valence-electron chi connectivity index (χ0n) is 16.3. The van der Waals surface area contributed by atoms with Crippen LogP contribution in [0.4, 0.5) is 5.69 Å². The van der Waals surface area contributed by atoms with E-state index < -0.39 is 0 Å². The Morgan fingerprint density at radius 3 is 2.97 bits per heavy atom. The number of fused-ring (bicyclic) bond motifs is 1. The molecule has 0 spiro atoms. The van der Waals surface area contributed by atoms with Crippen molar-refractivity contribution >= 4 is 23.4 Å². The van der Waals surface area contributed by atoms with Gasteiger partial charge in [0.1, 0.15) is 12.4 Å². The van der Waals surface area contributed by atoms with Gasteiger partial charge in [0, 0.05) is 48.7 Å². The summed E-state index contributed by atoms with van der Waals surface area (Å²) in [5.41, 5.74) is 3.14. The third-order valence-corrected chi connectivity index (χ3v) is 6.34. The third-order valence-electron chi connectivity index (χ3n) is 4.96. The summed E-state index contributed by atoms with van der Waals surface area (Å²) in [6.45, 7) is 0.169. The van der Waals surface area contributed by atoms with Crippen LogP contribution in [0.25, 0.3) is 0 Å². The number of aliphatic hydroxyl groups is 1. The van der Waals surface area contributed by atoms with E-state index in [4.69, 9.17) is 4.74 Å². The van der Waals surface area contributed by atoms with E-state index in [1.54, 1.807) is 30.2 Å². The maximum absolute atomic E-state index is 13.0. The summed E-state index contributed by atoms with van der Waals surface area (Å²) in [4.78, 5) is 19.9. The first-order valence-electron chi connectivity index (χ1n) is 9.42. The number of hydrogen-bond acceptors (Lipinski definition) is 7. The van der Waals surface area contributed by atoms with E-state index in [9.17, 15) is 9.90 Å². The lowest BCUT2D eigenvalue weighted by Gasteiger charge is -2.19. The standard InChI is InChI=1S/C22H23N3O3S/c1-25(2)15-8-9-16(21-24-18-6-3-7-19(26)20(18)29-21)17(11-15)22(27)28-13-14-5-4-10-23-12-14/h3-5,7-12,18,21,24,26H,6,13H2,1-2H3. The lowest BCUT2D eigenvalue weighted by Crippen LogP contribution is -2.27. The quantitative estimate of drug-likeness (QED) is 0.725. The number of ether oxygens (including phenoxy) is 1. The Balaban J connectivity index is 1.60. The number of thioether (sulfide) groups is 1. The normalized spacial score (nSPS) is 20.5. The molecular formula is C22H23N3O3S. The Labute approximate surface area is 174 Å². The fraction of sp³-hybridized carbons (Fsp3) is 0.273. The van der Waals surface area contributed by atoms with Gasteiger partial charge in [-0.05, 0) is 36.3 Å². The van der Waals surface area contributed by atoms with Crippen LogP contribution in [-0.2, 0) is 11.3 Å². The second kappa shape index (κ2) is 8.31. The smallest absolute Gasteiger partial charge is 0.338 e. The van der Waals surface area contributed by atoms with E-state index in [1.807, 2.05) is 55.4 Å². The molecule has 2 aromatic rings. The van der Waals surface area contributed by atoms with Crippen LogP contribution in [0.1, 0.15) is 33.3 Å². The zero-order valence-corrected chi connectivity index (χ0v) is 17.1. The molecule has 1 fully saturated rings. The van der Waals surface area contributed by atoms with Gasteiger partial charge < -0.3 is 14.7 Å². The summed E-state index contributed by atoms with van der Waals surface area (Å²) in [5.74, 6) is -0.0759. The molecule has 7 heteroatoms. The molecule has 29 heavy (non-hydrogen) atoms. The van der Waals surface area contributed by atoms with Crippen LogP contribution >= 0.6 is 11.8 Å². The lowest BCUT2D eigenvalue weighted by atomic mass is 10.0. The number of carbonyl (C=O) groups excluding carboxylic acids is 1. The Morgan fingerprint density at radius 2 is 2.24 bits per heavy atom. The minimum atomic E-state index is -0.374. The molecule has 6 nitrogen and oxygen atoms in total. The van der Waals surface area contributed by atoms with Gasteiger partial charge in [-0.3, -0.25) is 10.3 Å². The summed E-state index contributed by atoms with van der Waals surface area (Å²) in [5, 5.41) is 13.6. The van der Waals surface area contributed by atoms with Crippen LogP contribution < -0.4 is 10.2 Å². The minimum absolute atomic E-state index is 0.0720. The van der Waals surface area contributed by atoms with Gasteiger partial charge in [-0.25, -0.2) is 4.79 Å². The largest absolute Gasteiger partial charge is 0.507 e. The average molecular weight is 410 g/mol. The SMILES string of the molecule is CN(C)c1ccc(C2NC3CC=CC(O)=C3S2)c(C(=O)OCc2cccnc2)c1. The van der Waals surface area contributed by atoms with E-state index in [1.165, 1.54) is 0 Å². The number of esters is 1. The number of pyridine rings is 1. The van der Waals surface area contributed by atoms with Crippen molar-refractivity contribution in [3.8, 4) is 0 Å². The van der Waals surface area contributed by atoms with Crippen molar-refractivity contribution in [1.29, 1.82) is 0 Å². The summed E-state index contributed by atoms with van der Waals surface area (Å²) >= 11 is 1.55. The first-order valence-corrected chi connectivity index (χ1v) is 10.3. The Hall–Kier alpha value is -2.77. The van der Waals surface area contributed by atoms with Crippen LogP contribution in [0.5, 0.6) is 0 Å². The van der Waals surface area contributed by atoms with Crippen molar-refractivity contribution in [2.75, 3.05) is 19.0 Å². The molecule has 150 valence electrons. The first-order chi connectivity index (χ1) is 14.0. The number of aliphatic hydroxyl groups excluding tert-OH is 1. The second-order valence-electron chi connectivity index (χ2n) is 7.21. The summed E-state index contributed by atoms with van der Waals surface area (Å²) in [6.07, 6.45) is 7.88. The molecule has 2 N–H and O–H groups in total. The number of nitrogens with one attached hydrogen (secondary N) is 1. The van der Waals surface area contributed by atoms with Crippen molar-refractivity contribution in [2.24, 2.45) is 0 Å². The van der Waals surface area contributed by atoms with Gasteiger partial charge in [0.2, 0.25) is 0 Å². The summed E-state index contributed by atoms with van der Waals surface area (Å²) < 4.78 is 5.58. The van der Waals surface area contributed by atoms with Crippen LogP contribution in [0.15, 0.2) is 65.5 Å². The molecule has 0 saturated carbocycles. The van der Waals surface area contributed by atoms with Crippen molar-refractivity contribution in [3.63, 3.8) is 0 Å². The van der Waals surface area contributed by atoms with Crippen LogP contribution in [0.3, 0.4) is 0 Å². The molecule has 2 atom stereocenters. The Morgan fingerprint density at radius 1 is 1.38 bits per heavy atom. The molecular weight excluding hydrogens is 386 g/mol. The average Bonchev–Trinajstić information content (AvgIpc) is 3.18. The van der Waals surface area contributed by atoms with Crippen molar-refractivity contribution < 1.29 is 14.6 Å². The van der Waals surface area contributed by atoms with E-state index in [0.717, 1.165) is 28.1 Å². The zero-order chi connectivity index (χ0) is 20.4. The van der Waals surface area contributed by atoms with Gasteiger partial charge in [-0.1, -0.05) is 18.2 Å². The van der Waals surface area contributed by atoms with Crippen molar-refractivity contribution in [1.82, 2.24) is 10.3 Å². The lowest BCUT2D eigenvalue weighted by molar-refractivity contribution is 0.0471. The molecule has 1 aromatic heterocycles. The number of carbonyl (C=O) groups is 1. The molecule has 1 saturated heterocycles. The third kappa shape index (κ3) is 4.16. The molecule has 0 amide bonds. The maximum atomic E-state index is 13.0. The Kier molecular flexibility index (Phi) is 5.60. The Bertz CT molecular complexity index is 973. The number of nitrogens with zero attached hydrogens (tertiary/aromatic N) is 2. The van der Waals surface area contributed by atoms with Gasteiger partial charge >= 0.3 is 5.97 Å². The highest BCUT2D eigenvalue weighted by Crippen LogP contribution is 2.46. The number of anilines is 1. The van der Waals surface area contributed by atoms with Crippen molar-refractivity contribution in [2.45, 2.75) is 24.4 Å². The fourth-order valence-electron chi connectivity index (χ4n) is 3.40.